The highest BCUT2D eigenvalue weighted by molar-refractivity contribution is 4.80. The van der Waals surface area contributed by atoms with Crippen LogP contribution >= 0.6 is 0 Å². The monoisotopic (exact) mass is 188 g/mol. The maximum Gasteiger partial charge on any atom is 0.0617 e. The maximum atomic E-state index is 10.0. The predicted octanol–water partition coefficient (Wildman–Crippen LogP) is 2.46. The lowest BCUT2D eigenvalue weighted by atomic mass is 9.77. The van der Waals surface area contributed by atoms with Crippen LogP contribution in [0.5, 0.6) is 0 Å². The Morgan fingerprint density at radius 1 is 1.38 bits per heavy atom. The fraction of sp³-hybridized carbons (Fsp3) is 1.00. The first-order chi connectivity index (χ1) is 5.95. The van der Waals surface area contributed by atoms with Crippen molar-refractivity contribution in [2.75, 3.05) is 13.7 Å². The number of aliphatic hydroxyl groups excluding tert-OH is 1. The van der Waals surface area contributed by atoms with E-state index >= 15 is 0 Å². The van der Waals surface area contributed by atoms with Crippen LogP contribution < -0.4 is 0 Å². The normalized spacial score (nSPS) is 17.1. The lowest BCUT2D eigenvalue weighted by Gasteiger charge is -2.33. The van der Waals surface area contributed by atoms with Crippen molar-refractivity contribution in [3.05, 3.63) is 0 Å². The van der Waals surface area contributed by atoms with E-state index in [4.69, 9.17) is 4.74 Å². The molecule has 0 saturated carbocycles. The van der Waals surface area contributed by atoms with Crippen LogP contribution in [0.15, 0.2) is 0 Å². The van der Waals surface area contributed by atoms with Crippen LogP contribution in [0, 0.1) is 11.3 Å². The molecular formula is C11H24O2. The maximum absolute atomic E-state index is 10.0. The quantitative estimate of drug-likeness (QED) is 0.694. The highest BCUT2D eigenvalue weighted by atomic mass is 16.5. The molecule has 0 aromatic heterocycles. The van der Waals surface area contributed by atoms with Gasteiger partial charge in [-0.15, -0.1) is 0 Å². The Morgan fingerprint density at radius 2 is 1.92 bits per heavy atom. The average molecular weight is 188 g/mol. The van der Waals surface area contributed by atoms with Crippen molar-refractivity contribution in [1.29, 1.82) is 0 Å². The van der Waals surface area contributed by atoms with E-state index in [9.17, 15) is 5.11 Å². The van der Waals surface area contributed by atoms with E-state index in [2.05, 4.69) is 27.7 Å². The Balaban J connectivity index is 4.00. The second-order valence-electron chi connectivity index (χ2n) is 4.55. The topological polar surface area (TPSA) is 29.5 Å². The molecule has 2 atom stereocenters. The second kappa shape index (κ2) is 5.61. The summed E-state index contributed by atoms with van der Waals surface area (Å²) in [5, 5.41) is 10.0. The molecule has 0 fully saturated rings. The third kappa shape index (κ3) is 4.10. The molecule has 0 rings (SSSR count). The number of aliphatic hydroxyl groups is 1. The predicted molar refractivity (Wildman–Crippen MR) is 55.7 cm³/mol. The Bertz CT molecular complexity index is 132. The lowest BCUT2D eigenvalue weighted by Crippen LogP contribution is -2.34. The molecule has 0 amide bonds. The Hall–Kier alpha value is -0.0800. The fourth-order valence-electron chi connectivity index (χ4n) is 1.44. The number of hydrogen-bond donors (Lipinski definition) is 1. The number of methoxy groups -OCH3 is 1. The van der Waals surface area contributed by atoms with E-state index < -0.39 is 0 Å². The summed E-state index contributed by atoms with van der Waals surface area (Å²) in [6.07, 6.45) is 1.71. The van der Waals surface area contributed by atoms with Crippen LogP contribution in [0.25, 0.3) is 0 Å². The molecule has 2 nitrogen and oxygen atoms in total. The summed E-state index contributed by atoms with van der Waals surface area (Å²) in [6.45, 7) is 9.16. The lowest BCUT2D eigenvalue weighted by molar-refractivity contribution is -0.00491. The first-order valence-corrected chi connectivity index (χ1v) is 5.12. The van der Waals surface area contributed by atoms with Crippen LogP contribution in [-0.4, -0.2) is 24.9 Å². The highest BCUT2D eigenvalue weighted by Crippen LogP contribution is 2.30. The molecular weight excluding hydrogens is 164 g/mol. The molecule has 0 bridgehead atoms. The van der Waals surface area contributed by atoms with Crippen molar-refractivity contribution in [3.63, 3.8) is 0 Å². The molecule has 0 aromatic carbocycles. The van der Waals surface area contributed by atoms with Crippen molar-refractivity contribution in [1.82, 2.24) is 0 Å². The summed E-state index contributed by atoms with van der Waals surface area (Å²) < 4.78 is 5.00. The minimum absolute atomic E-state index is 0.0210. The van der Waals surface area contributed by atoms with E-state index in [1.807, 2.05) is 0 Å². The molecule has 80 valence electrons. The molecule has 0 aliphatic carbocycles. The van der Waals surface area contributed by atoms with Gasteiger partial charge in [0.1, 0.15) is 0 Å². The molecule has 0 saturated heterocycles. The third-order valence-electron chi connectivity index (χ3n) is 3.03. The van der Waals surface area contributed by atoms with Gasteiger partial charge >= 0.3 is 0 Å². The van der Waals surface area contributed by atoms with Gasteiger partial charge in [-0.2, -0.15) is 0 Å². The van der Waals surface area contributed by atoms with Gasteiger partial charge in [0.15, 0.2) is 0 Å². The SMILES string of the molecule is CCC(C)(C)C(O)C(C)CCOC. The summed E-state index contributed by atoms with van der Waals surface area (Å²) in [4.78, 5) is 0. The van der Waals surface area contributed by atoms with Gasteiger partial charge in [-0.1, -0.05) is 27.7 Å². The Morgan fingerprint density at radius 3 is 2.31 bits per heavy atom. The van der Waals surface area contributed by atoms with Gasteiger partial charge in [0.2, 0.25) is 0 Å². The van der Waals surface area contributed by atoms with E-state index in [1.165, 1.54) is 0 Å². The first-order valence-electron chi connectivity index (χ1n) is 5.12. The molecule has 0 aromatic rings. The largest absolute Gasteiger partial charge is 0.392 e. The van der Waals surface area contributed by atoms with Crippen LogP contribution in [0.3, 0.4) is 0 Å². The number of hydrogen-bond acceptors (Lipinski definition) is 2. The van der Waals surface area contributed by atoms with Crippen molar-refractivity contribution >= 4 is 0 Å². The fourth-order valence-corrected chi connectivity index (χ4v) is 1.44. The van der Waals surface area contributed by atoms with Crippen LogP contribution in [-0.2, 0) is 4.74 Å². The van der Waals surface area contributed by atoms with Crippen molar-refractivity contribution in [2.45, 2.75) is 46.6 Å². The molecule has 0 spiro atoms. The number of ether oxygens (including phenoxy) is 1. The Kier molecular flexibility index (Phi) is 5.57. The zero-order chi connectivity index (χ0) is 10.5. The summed E-state index contributed by atoms with van der Waals surface area (Å²) in [5.74, 6) is 0.315. The summed E-state index contributed by atoms with van der Waals surface area (Å²) in [7, 11) is 1.70. The molecule has 2 heteroatoms. The first kappa shape index (κ1) is 12.9. The average Bonchev–Trinajstić information content (AvgIpc) is 2.12. The van der Waals surface area contributed by atoms with Crippen LogP contribution in [0.2, 0.25) is 0 Å². The zero-order valence-corrected chi connectivity index (χ0v) is 9.63. The van der Waals surface area contributed by atoms with E-state index in [-0.39, 0.29) is 11.5 Å². The van der Waals surface area contributed by atoms with Gasteiger partial charge < -0.3 is 9.84 Å². The molecule has 1 N–H and O–H groups in total. The molecule has 0 radical (unpaired) electrons. The van der Waals surface area contributed by atoms with Crippen LogP contribution in [0.1, 0.15) is 40.5 Å². The summed E-state index contributed by atoms with van der Waals surface area (Å²) >= 11 is 0. The molecule has 13 heavy (non-hydrogen) atoms. The van der Waals surface area contributed by atoms with E-state index in [0.29, 0.717) is 5.92 Å². The van der Waals surface area contributed by atoms with Gasteiger partial charge in [-0.25, -0.2) is 0 Å². The van der Waals surface area contributed by atoms with Gasteiger partial charge in [-0.05, 0) is 24.2 Å². The Labute approximate surface area is 82.3 Å². The van der Waals surface area contributed by atoms with Gasteiger partial charge in [0, 0.05) is 13.7 Å². The second-order valence-corrected chi connectivity index (χ2v) is 4.55. The van der Waals surface area contributed by atoms with Crippen LogP contribution in [0.4, 0.5) is 0 Å². The van der Waals surface area contributed by atoms with Crippen molar-refractivity contribution in [3.8, 4) is 0 Å². The minimum atomic E-state index is -0.229. The third-order valence-corrected chi connectivity index (χ3v) is 3.03. The van der Waals surface area contributed by atoms with Gasteiger partial charge in [-0.3, -0.25) is 0 Å². The molecule has 2 unspecified atom stereocenters. The van der Waals surface area contributed by atoms with Gasteiger partial charge in [0.05, 0.1) is 6.10 Å². The minimum Gasteiger partial charge on any atom is -0.392 e. The molecule has 0 aliphatic heterocycles. The van der Waals surface area contributed by atoms with E-state index in [0.717, 1.165) is 19.4 Å². The van der Waals surface area contributed by atoms with Gasteiger partial charge in [0.25, 0.3) is 0 Å². The standard InChI is InChI=1S/C11H24O2/c1-6-11(3,4)10(12)9(2)7-8-13-5/h9-10,12H,6-8H2,1-5H3. The van der Waals surface area contributed by atoms with Crippen molar-refractivity contribution in [2.24, 2.45) is 11.3 Å². The number of rotatable bonds is 6. The molecule has 0 heterocycles. The smallest absolute Gasteiger partial charge is 0.0617 e. The molecule has 0 aliphatic rings. The summed E-state index contributed by atoms with van der Waals surface area (Å²) in [5.41, 5.74) is 0.0210. The zero-order valence-electron chi connectivity index (χ0n) is 9.63. The van der Waals surface area contributed by atoms with Crippen molar-refractivity contribution < 1.29 is 9.84 Å². The highest BCUT2D eigenvalue weighted by Gasteiger charge is 2.29. The summed E-state index contributed by atoms with van der Waals surface area (Å²) in [6, 6.07) is 0. The van der Waals surface area contributed by atoms with E-state index in [1.54, 1.807) is 7.11 Å².